The lowest BCUT2D eigenvalue weighted by Crippen LogP contribution is -2.32. The molecule has 0 aliphatic carbocycles. The van der Waals surface area contributed by atoms with E-state index in [9.17, 15) is 4.79 Å². The third-order valence-corrected chi connectivity index (χ3v) is 1.80. The minimum Gasteiger partial charge on any atom is -0.321 e. The summed E-state index contributed by atoms with van der Waals surface area (Å²) in [5.41, 5.74) is 5.47. The molecule has 0 bridgehead atoms. The Hall–Kier alpha value is -0.0200. The van der Waals surface area contributed by atoms with E-state index in [1.54, 1.807) is 11.8 Å². The molecule has 9 heavy (non-hydrogen) atoms. The van der Waals surface area contributed by atoms with Crippen LogP contribution in [0, 0.1) is 0 Å². The maximum absolute atomic E-state index is 10.8. The summed E-state index contributed by atoms with van der Waals surface area (Å²) >= 11 is 1.61. The zero-order valence-corrected chi connectivity index (χ0v) is 6.70. The van der Waals surface area contributed by atoms with Crippen LogP contribution in [0.25, 0.3) is 0 Å². The Balaban J connectivity index is 3.45. The van der Waals surface area contributed by atoms with Crippen LogP contribution in [0.1, 0.15) is 13.3 Å². The summed E-state index contributed by atoms with van der Waals surface area (Å²) in [6.45, 7) is 1.84. The summed E-state index contributed by atoms with van der Waals surface area (Å²) in [6, 6.07) is -0.245. The molecule has 0 saturated carbocycles. The van der Waals surface area contributed by atoms with Gasteiger partial charge >= 0.3 is 0 Å². The molecule has 0 aromatic heterocycles. The van der Waals surface area contributed by atoms with E-state index in [1.165, 1.54) is 0 Å². The summed E-state index contributed by atoms with van der Waals surface area (Å²) in [7, 11) is 0. The number of carbonyl (C=O) groups excluding carboxylic acids is 1. The van der Waals surface area contributed by atoms with Crippen LogP contribution in [0.3, 0.4) is 0 Å². The summed E-state index contributed by atoms with van der Waals surface area (Å²) in [5, 5.41) is 0. The predicted molar refractivity (Wildman–Crippen MR) is 41.7 cm³/mol. The molecular weight excluding hydrogens is 134 g/mol. The molecule has 0 aromatic rings. The van der Waals surface area contributed by atoms with Crippen molar-refractivity contribution in [2.45, 2.75) is 19.4 Å². The first-order valence-electron chi connectivity index (χ1n) is 2.99. The fraction of sp³-hybridized carbons (Fsp3) is 0.833. The molecule has 0 aromatic carbocycles. The molecule has 0 radical (unpaired) electrons. The normalized spacial score (nSPS) is 13.2. The van der Waals surface area contributed by atoms with Crippen molar-refractivity contribution < 1.29 is 4.79 Å². The number of ketones is 1. The third kappa shape index (κ3) is 3.54. The number of nitrogens with two attached hydrogens (primary N) is 1. The Morgan fingerprint density at radius 2 is 2.33 bits per heavy atom. The number of rotatable bonds is 4. The monoisotopic (exact) mass is 147 g/mol. The van der Waals surface area contributed by atoms with E-state index in [-0.39, 0.29) is 11.8 Å². The molecule has 0 aliphatic heterocycles. The molecule has 3 heteroatoms. The third-order valence-electron chi connectivity index (χ3n) is 1.11. The number of hydrogen-bond donors (Lipinski definition) is 1. The Bertz CT molecular complexity index is 95.1. The summed E-state index contributed by atoms with van der Waals surface area (Å²) in [5.74, 6) is 0.900. The number of hydrogen-bond acceptors (Lipinski definition) is 3. The van der Waals surface area contributed by atoms with Crippen LogP contribution < -0.4 is 5.73 Å². The van der Waals surface area contributed by atoms with Crippen LogP contribution >= 0.6 is 11.8 Å². The molecule has 1 atom stereocenters. The van der Waals surface area contributed by atoms with E-state index < -0.39 is 0 Å². The fourth-order valence-electron chi connectivity index (χ4n) is 0.535. The van der Waals surface area contributed by atoms with Crippen LogP contribution in [-0.4, -0.2) is 23.8 Å². The highest BCUT2D eigenvalue weighted by molar-refractivity contribution is 7.98. The van der Waals surface area contributed by atoms with Gasteiger partial charge in [0.1, 0.15) is 5.78 Å². The van der Waals surface area contributed by atoms with Crippen molar-refractivity contribution in [3.8, 4) is 0 Å². The quantitative estimate of drug-likeness (QED) is 0.635. The lowest BCUT2D eigenvalue weighted by molar-refractivity contribution is -0.119. The van der Waals surface area contributed by atoms with Crippen molar-refractivity contribution in [2.75, 3.05) is 12.0 Å². The molecule has 2 nitrogen and oxygen atoms in total. The van der Waals surface area contributed by atoms with Gasteiger partial charge in [0.15, 0.2) is 0 Å². The zero-order chi connectivity index (χ0) is 7.28. The van der Waals surface area contributed by atoms with E-state index in [0.29, 0.717) is 6.42 Å². The second-order valence-corrected chi connectivity index (χ2v) is 2.79. The smallest absolute Gasteiger partial charge is 0.150 e. The molecule has 2 N–H and O–H groups in total. The van der Waals surface area contributed by atoms with Crippen LogP contribution in [0.15, 0.2) is 0 Å². The van der Waals surface area contributed by atoms with Gasteiger partial charge in [0.05, 0.1) is 6.04 Å². The molecule has 0 aliphatic rings. The molecule has 0 spiro atoms. The zero-order valence-electron chi connectivity index (χ0n) is 5.89. The lowest BCUT2D eigenvalue weighted by atomic mass is 10.2. The van der Waals surface area contributed by atoms with E-state index >= 15 is 0 Å². The molecular formula is C6H13NOS. The largest absolute Gasteiger partial charge is 0.321 e. The van der Waals surface area contributed by atoms with Crippen molar-refractivity contribution in [1.82, 2.24) is 0 Å². The van der Waals surface area contributed by atoms with Gasteiger partial charge in [-0.1, -0.05) is 6.92 Å². The molecule has 0 amide bonds. The SMILES string of the molecule is CCC(=O)[C@@H](N)CSC. The summed E-state index contributed by atoms with van der Waals surface area (Å²) in [6.07, 6.45) is 2.50. The second-order valence-electron chi connectivity index (χ2n) is 1.88. The average Bonchev–Trinajstić information content (AvgIpc) is 1.87. The summed E-state index contributed by atoms with van der Waals surface area (Å²) < 4.78 is 0. The van der Waals surface area contributed by atoms with Crippen molar-refractivity contribution in [3.63, 3.8) is 0 Å². The van der Waals surface area contributed by atoms with Gasteiger partial charge in [-0.3, -0.25) is 4.79 Å². The first-order valence-corrected chi connectivity index (χ1v) is 4.39. The Morgan fingerprint density at radius 3 is 2.67 bits per heavy atom. The van der Waals surface area contributed by atoms with Crippen molar-refractivity contribution in [3.05, 3.63) is 0 Å². The van der Waals surface area contributed by atoms with Gasteiger partial charge in [0, 0.05) is 12.2 Å². The van der Waals surface area contributed by atoms with Gasteiger partial charge in [0.25, 0.3) is 0 Å². The molecule has 0 saturated heterocycles. The number of Topliss-reactive ketones (excluding diaryl/α,β-unsaturated/α-hetero) is 1. The molecule has 0 unspecified atom stereocenters. The minimum absolute atomic E-state index is 0.157. The van der Waals surface area contributed by atoms with Gasteiger partial charge in [-0.2, -0.15) is 11.8 Å². The number of carbonyl (C=O) groups is 1. The molecule has 0 heterocycles. The standard InChI is InChI=1S/C6H13NOS/c1-3-6(8)5(7)4-9-2/h5H,3-4,7H2,1-2H3/t5-/m0/s1. The van der Waals surface area contributed by atoms with Crippen LogP contribution in [-0.2, 0) is 4.79 Å². The van der Waals surface area contributed by atoms with Gasteiger partial charge in [0.2, 0.25) is 0 Å². The Morgan fingerprint density at radius 1 is 1.78 bits per heavy atom. The first-order chi connectivity index (χ1) is 4.22. The highest BCUT2D eigenvalue weighted by atomic mass is 32.2. The van der Waals surface area contributed by atoms with E-state index in [1.807, 2.05) is 13.2 Å². The van der Waals surface area contributed by atoms with Gasteiger partial charge in [-0.05, 0) is 6.26 Å². The van der Waals surface area contributed by atoms with Crippen LogP contribution in [0.5, 0.6) is 0 Å². The van der Waals surface area contributed by atoms with Crippen molar-refractivity contribution in [1.29, 1.82) is 0 Å². The second kappa shape index (κ2) is 4.82. The van der Waals surface area contributed by atoms with Crippen molar-refractivity contribution >= 4 is 17.5 Å². The van der Waals surface area contributed by atoms with E-state index in [0.717, 1.165) is 5.75 Å². The van der Waals surface area contributed by atoms with Gasteiger partial charge in [-0.25, -0.2) is 0 Å². The maximum Gasteiger partial charge on any atom is 0.150 e. The molecule has 0 fully saturated rings. The highest BCUT2D eigenvalue weighted by Gasteiger charge is 2.08. The Labute approximate surface area is 60.2 Å². The van der Waals surface area contributed by atoms with E-state index in [2.05, 4.69) is 0 Å². The highest BCUT2D eigenvalue weighted by Crippen LogP contribution is 1.97. The Kier molecular flexibility index (Phi) is 4.81. The molecule has 54 valence electrons. The van der Waals surface area contributed by atoms with Gasteiger partial charge < -0.3 is 5.73 Å². The molecule has 0 rings (SSSR count). The average molecular weight is 147 g/mol. The predicted octanol–water partition coefficient (Wildman–Crippen LogP) is 0.656. The topological polar surface area (TPSA) is 43.1 Å². The summed E-state index contributed by atoms with van der Waals surface area (Å²) in [4.78, 5) is 10.8. The van der Waals surface area contributed by atoms with Crippen LogP contribution in [0.4, 0.5) is 0 Å². The number of thioether (sulfide) groups is 1. The maximum atomic E-state index is 10.8. The fourth-order valence-corrected chi connectivity index (χ4v) is 1.08. The van der Waals surface area contributed by atoms with E-state index in [4.69, 9.17) is 5.73 Å². The van der Waals surface area contributed by atoms with Crippen LogP contribution in [0.2, 0.25) is 0 Å². The minimum atomic E-state index is -0.245. The van der Waals surface area contributed by atoms with Gasteiger partial charge in [-0.15, -0.1) is 0 Å². The first kappa shape index (κ1) is 8.98. The lowest BCUT2D eigenvalue weighted by Gasteiger charge is -2.04. The van der Waals surface area contributed by atoms with Crippen molar-refractivity contribution in [2.24, 2.45) is 5.73 Å².